The minimum absolute atomic E-state index is 0.0822. The topological polar surface area (TPSA) is 52.7 Å². The minimum atomic E-state index is -0.439. The van der Waals surface area contributed by atoms with Crippen LogP contribution in [0.15, 0.2) is 54.6 Å². The number of halogens is 1. The van der Waals surface area contributed by atoms with Gasteiger partial charge in [0, 0.05) is 19.6 Å². The molecule has 0 aromatic heterocycles. The molecule has 0 aliphatic heterocycles. The van der Waals surface area contributed by atoms with Gasteiger partial charge in [0.15, 0.2) is 0 Å². The summed E-state index contributed by atoms with van der Waals surface area (Å²) >= 11 is 0. The van der Waals surface area contributed by atoms with E-state index in [0.29, 0.717) is 13.1 Å². The molecular formula is C22H24FN3O2. The smallest absolute Gasteiger partial charge is 0.318 e. The second-order valence-corrected chi connectivity index (χ2v) is 6.24. The molecule has 0 fully saturated rings. The molecule has 0 aliphatic rings. The van der Waals surface area contributed by atoms with Gasteiger partial charge in [-0.2, -0.15) is 0 Å². The first kappa shape index (κ1) is 21.0. The van der Waals surface area contributed by atoms with Crippen molar-refractivity contribution in [2.45, 2.75) is 20.0 Å². The number of hydrogen-bond donors (Lipinski definition) is 1. The molecule has 0 unspecified atom stereocenters. The fourth-order valence-corrected chi connectivity index (χ4v) is 2.67. The molecule has 6 heteroatoms. The molecule has 3 amide bonds. The Kier molecular flexibility index (Phi) is 8.04. The number of hydrogen-bond acceptors (Lipinski definition) is 2. The number of amides is 3. The Morgan fingerprint density at radius 3 is 2.21 bits per heavy atom. The van der Waals surface area contributed by atoms with Crippen LogP contribution in [-0.2, 0) is 17.9 Å². The maximum atomic E-state index is 13.0. The van der Waals surface area contributed by atoms with Crippen LogP contribution in [-0.4, -0.2) is 41.4 Å². The van der Waals surface area contributed by atoms with Gasteiger partial charge in [0.25, 0.3) is 0 Å². The van der Waals surface area contributed by atoms with Gasteiger partial charge < -0.3 is 15.1 Å². The van der Waals surface area contributed by atoms with Crippen molar-refractivity contribution in [2.24, 2.45) is 0 Å². The van der Waals surface area contributed by atoms with E-state index in [1.54, 1.807) is 17.0 Å². The third-order valence-electron chi connectivity index (χ3n) is 4.20. The third-order valence-corrected chi connectivity index (χ3v) is 4.20. The predicted octanol–water partition coefficient (Wildman–Crippen LogP) is 3.02. The highest BCUT2D eigenvalue weighted by Gasteiger charge is 2.17. The van der Waals surface area contributed by atoms with Crippen LogP contribution in [0.1, 0.15) is 18.1 Å². The summed E-state index contributed by atoms with van der Waals surface area (Å²) in [5.74, 6) is 1.90. The number of urea groups is 1. The van der Waals surface area contributed by atoms with Gasteiger partial charge in [-0.25, -0.2) is 9.18 Å². The van der Waals surface area contributed by atoms with Gasteiger partial charge in [-0.3, -0.25) is 4.79 Å². The van der Waals surface area contributed by atoms with E-state index in [1.807, 2.05) is 37.3 Å². The van der Waals surface area contributed by atoms with E-state index >= 15 is 0 Å². The van der Waals surface area contributed by atoms with Gasteiger partial charge in [-0.15, -0.1) is 6.42 Å². The number of rotatable bonds is 8. The number of likely N-dealkylation sites (N-methyl/N-ethyl adjacent to an activating group) is 1. The van der Waals surface area contributed by atoms with Crippen LogP contribution in [0.3, 0.4) is 0 Å². The normalized spacial score (nSPS) is 10.0. The second-order valence-electron chi connectivity index (χ2n) is 6.24. The van der Waals surface area contributed by atoms with E-state index in [2.05, 4.69) is 11.2 Å². The van der Waals surface area contributed by atoms with Gasteiger partial charge >= 0.3 is 6.03 Å². The van der Waals surface area contributed by atoms with Crippen LogP contribution in [0.25, 0.3) is 0 Å². The summed E-state index contributed by atoms with van der Waals surface area (Å²) < 4.78 is 13.0. The number of benzene rings is 2. The Morgan fingerprint density at radius 2 is 1.61 bits per heavy atom. The van der Waals surface area contributed by atoms with Crippen molar-refractivity contribution in [1.29, 1.82) is 0 Å². The molecule has 0 saturated heterocycles. The monoisotopic (exact) mass is 381 g/mol. The Labute approximate surface area is 165 Å². The lowest BCUT2D eigenvalue weighted by Crippen LogP contribution is -2.45. The maximum absolute atomic E-state index is 13.0. The third kappa shape index (κ3) is 6.44. The lowest BCUT2D eigenvalue weighted by Gasteiger charge is -2.24. The molecule has 0 heterocycles. The largest absolute Gasteiger partial charge is 0.337 e. The summed E-state index contributed by atoms with van der Waals surface area (Å²) in [6.07, 6.45) is 5.35. The summed E-state index contributed by atoms with van der Waals surface area (Å²) in [4.78, 5) is 28.0. The molecule has 0 bridgehead atoms. The van der Waals surface area contributed by atoms with E-state index in [0.717, 1.165) is 11.1 Å². The van der Waals surface area contributed by atoms with Crippen molar-refractivity contribution in [3.8, 4) is 12.3 Å². The first-order chi connectivity index (χ1) is 13.5. The van der Waals surface area contributed by atoms with Crippen molar-refractivity contribution in [3.63, 3.8) is 0 Å². The lowest BCUT2D eigenvalue weighted by molar-refractivity contribution is -0.130. The Hall–Kier alpha value is -3.33. The second kappa shape index (κ2) is 10.7. The van der Waals surface area contributed by atoms with Crippen molar-refractivity contribution in [3.05, 3.63) is 71.5 Å². The summed E-state index contributed by atoms with van der Waals surface area (Å²) in [5, 5.41) is 2.63. The number of carbonyl (C=O) groups is 2. The Morgan fingerprint density at radius 1 is 1.00 bits per heavy atom. The number of carbonyl (C=O) groups excluding carboxylic acids is 2. The predicted molar refractivity (Wildman–Crippen MR) is 107 cm³/mol. The van der Waals surface area contributed by atoms with E-state index in [1.165, 1.54) is 17.0 Å². The number of nitrogens with one attached hydrogen (secondary N) is 1. The van der Waals surface area contributed by atoms with Gasteiger partial charge in [0.1, 0.15) is 5.82 Å². The highest BCUT2D eigenvalue weighted by molar-refractivity contribution is 5.84. The molecule has 0 spiro atoms. The van der Waals surface area contributed by atoms with Gasteiger partial charge in [0.05, 0.1) is 13.1 Å². The van der Waals surface area contributed by atoms with Crippen molar-refractivity contribution in [2.75, 3.05) is 19.6 Å². The molecule has 0 saturated carbocycles. The molecule has 146 valence electrons. The fourth-order valence-electron chi connectivity index (χ4n) is 2.67. The van der Waals surface area contributed by atoms with Crippen molar-refractivity contribution in [1.82, 2.24) is 15.1 Å². The average molecular weight is 381 g/mol. The summed E-state index contributed by atoms with van der Waals surface area (Å²) in [6.45, 7) is 3.10. The minimum Gasteiger partial charge on any atom is -0.337 e. The molecule has 1 N–H and O–H groups in total. The summed E-state index contributed by atoms with van der Waals surface area (Å²) in [5.41, 5.74) is 1.77. The zero-order valence-electron chi connectivity index (χ0n) is 15.9. The van der Waals surface area contributed by atoms with E-state index < -0.39 is 6.03 Å². The highest BCUT2D eigenvalue weighted by atomic mass is 19.1. The molecule has 2 aromatic carbocycles. The fraction of sp³-hybridized carbons (Fsp3) is 0.273. The SMILES string of the molecule is C#CCN(Cc1ccc(F)cc1)C(=O)NCC(=O)N(CC)Cc1ccccc1. The molecule has 0 aliphatic carbocycles. The Bertz CT molecular complexity index is 816. The lowest BCUT2D eigenvalue weighted by atomic mass is 10.2. The van der Waals surface area contributed by atoms with Crippen LogP contribution in [0, 0.1) is 18.2 Å². The van der Waals surface area contributed by atoms with Crippen LogP contribution < -0.4 is 5.32 Å². The molecule has 28 heavy (non-hydrogen) atoms. The molecule has 0 atom stereocenters. The van der Waals surface area contributed by atoms with E-state index in [4.69, 9.17) is 6.42 Å². The molecule has 0 radical (unpaired) electrons. The molecule has 5 nitrogen and oxygen atoms in total. The molecule has 2 aromatic rings. The summed E-state index contributed by atoms with van der Waals surface area (Å²) in [7, 11) is 0. The standard InChI is InChI=1S/C22H24FN3O2/c1-3-14-26(17-19-10-12-20(23)13-11-19)22(28)24-15-21(27)25(4-2)16-18-8-6-5-7-9-18/h1,5-13H,4,14-17H2,2H3,(H,24,28). The zero-order valence-corrected chi connectivity index (χ0v) is 15.9. The maximum Gasteiger partial charge on any atom is 0.318 e. The highest BCUT2D eigenvalue weighted by Crippen LogP contribution is 2.07. The van der Waals surface area contributed by atoms with Crippen LogP contribution >= 0.6 is 0 Å². The number of terminal acetylenes is 1. The quantitative estimate of drug-likeness (QED) is 0.715. The van der Waals surface area contributed by atoms with Crippen molar-refractivity contribution < 1.29 is 14.0 Å². The zero-order chi connectivity index (χ0) is 20.4. The molecule has 2 rings (SSSR count). The average Bonchev–Trinajstić information content (AvgIpc) is 2.72. The Balaban J connectivity index is 1.92. The van der Waals surface area contributed by atoms with Gasteiger partial charge in [-0.05, 0) is 30.2 Å². The van der Waals surface area contributed by atoms with Gasteiger partial charge in [-0.1, -0.05) is 48.4 Å². The van der Waals surface area contributed by atoms with Crippen LogP contribution in [0.2, 0.25) is 0 Å². The first-order valence-corrected chi connectivity index (χ1v) is 9.05. The van der Waals surface area contributed by atoms with Gasteiger partial charge in [0.2, 0.25) is 5.91 Å². The first-order valence-electron chi connectivity index (χ1n) is 9.05. The van der Waals surface area contributed by atoms with E-state index in [-0.39, 0.29) is 31.4 Å². The molecular weight excluding hydrogens is 357 g/mol. The van der Waals surface area contributed by atoms with Crippen LogP contribution in [0.5, 0.6) is 0 Å². The van der Waals surface area contributed by atoms with E-state index in [9.17, 15) is 14.0 Å². The van der Waals surface area contributed by atoms with Crippen molar-refractivity contribution >= 4 is 11.9 Å². The van der Waals surface area contributed by atoms with Crippen LogP contribution in [0.4, 0.5) is 9.18 Å². The summed E-state index contributed by atoms with van der Waals surface area (Å²) in [6, 6.07) is 15.1. The number of nitrogens with zero attached hydrogens (tertiary/aromatic N) is 2.